The average Bonchev–Trinajstić information content (AvgIpc) is 2.35. The van der Waals surface area contributed by atoms with Crippen molar-refractivity contribution in [1.29, 1.82) is 0 Å². The molecular weight excluding hydrogens is 248 g/mol. The van der Waals surface area contributed by atoms with Gasteiger partial charge >= 0.3 is 6.61 Å². The zero-order valence-electron chi connectivity index (χ0n) is 9.14. The molecule has 1 amide bonds. The molecule has 1 aromatic carbocycles. The predicted octanol–water partition coefficient (Wildman–Crippen LogP) is 0.764. The van der Waals surface area contributed by atoms with Gasteiger partial charge in [0.1, 0.15) is 5.75 Å². The molecule has 8 heteroatoms. The lowest BCUT2D eigenvalue weighted by Crippen LogP contribution is -2.33. The lowest BCUT2D eigenvalue weighted by atomic mass is 10.2. The zero-order valence-corrected chi connectivity index (χ0v) is 9.14. The van der Waals surface area contributed by atoms with Crippen molar-refractivity contribution in [3.63, 3.8) is 0 Å². The molecule has 0 spiro atoms. The first kappa shape index (κ1) is 13.7. The van der Waals surface area contributed by atoms with Crippen molar-refractivity contribution in [2.24, 2.45) is 10.9 Å². The van der Waals surface area contributed by atoms with Crippen molar-refractivity contribution in [2.45, 2.75) is 6.61 Å². The Balaban J connectivity index is 2.78. The van der Waals surface area contributed by atoms with Gasteiger partial charge in [-0.1, -0.05) is 17.3 Å². The number of carbonyl (C=O) groups excluding carboxylic acids is 1. The fourth-order valence-corrected chi connectivity index (χ4v) is 1.15. The third kappa shape index (κ3) is 3.89. The first-order valence-electron chi connectivity index (χ1n) is 4.83. The summed E-state index contributed by atoms with van der Waals surface area (Å²) in [5.41, 5.74) is 5.09. The molecule has 0 aromatic heterocycles. The third-order valence-corrected chi connectivity index (χ3v) is 1.91. The molecule has 6 nitrogen and oxygen atoms in total. The monoisotopic (exact) mass is 259 g/mol. The summed E-state index contributed by atoms with van der Waals surface area (Å²) in [5, 5.41) is 13.2. The Hall–Kier alpha value is -2.38. The minimum atomic E-state index is -3.02. The number of hydrogen-bond donors (Lipinski definition) is 3. The lowest BCUT2D eigenvalue weighted by Gasteiger charge is -2.10. The fourth-order valence-electron chi connectivity index (χ4n) is 1.15. The number of rotatable bonds is 5. The van der Waals surface area contributed by atoms with E-state index in [1.807, 2.05) is 0 Å². The maximum atomic E-state index is 12.1. The molecule has 0 atom stereocenters. The van der Waals surface area contributed by atoms with Crippen LogP contribution in [0.5, 0.6) is 5.75 Å². The van der Waals surface area contributed by atoms with Gasteiger partial charge in [0.25, 0.3) is 5.91 Å². The summed E-state index contributed by atoms with van der Waals surface area (Å²) in [6, 6.07) is 5.51. The van der Waals surface area contributed by atoms with Gasteiger partial charge in [0.15, 0.2) is 5.84 Å². The van der Waals surface area contributed by atoms with E-state index >= 15 is 0 Å². The standard InChI is InChI=1S/C10H11F2N3O3/c11-10(12)18-7-4-2-1-3-6(7)9(16)14-5-8(13)15-17/h1-4,10,17H,5H2,(H2,13,15)(H,14,16). The summed E-state index contributed by atoms with van der Waals surface area (Å²) in [4.78, 5) is 11.6. The van der Waals surface area contributed by atoms with Gasteiger partial charge in [-0.2, -0.15) is 8.78 Å². The van der Waals surface area contributed by atoms with Gasteiger partial charge in [0.2, 0.25) is 0 Å². The summed E-state index contributed by atoms with van der Waals surface area (Å²) in [5.74, 6) is -1.13. The van der Waals surface area contributed by atoms with Crippen molar-refractivity contribution < 1.29 is 23.5 Å². The van der Waals surface area contributed by atoms with Crippen LogP contribution in [-0.4, -0.2) is 30.1 Å². The van der Waals surface area contributed by atoms with Crippen LogP contribution in [0.25, 0.3) is 0 Å². The zero-order chi connectivity index (χ0) is 13.5. The molecule has 98 valence electrons. The number of nitrogens with one attached hydrogen (secondary N) is 1. The molecule has 0 unspecified atom stereocenters. The second-order valence-electron chi connectivity index (χ2n) is 3.15. The molecule has 0 aliphatic carbocycles. The van der Waals surface area contributed by atoms with Gasteiger partial charge in [-0.3, -0.25) is 4.79 Å². The van der Waals surface area contributed by atoms with E-state index in [0.717, 1.165) is 0 Å². The van der Waals surface area contributed by atoms with Crippen LogP contribution < -0.4 is 15.8 Å². The minimum Gasteiger partial charge on any atom is -0.434 e. The van der Waals surface area contributed by atoms with E-state index in [1.165, 1.54) is 24.3 Å². The number of amidine groups is 1. The predicted molar refractivity (Wildman–Crippen MR) is 58.8 cm³/mol. The van der Waals surface area contributed by atoms with Gasteiger partial charge in [0.05, 0.1) is 12.1 Å². The lowest BCUT2D eigenvalue weighted by molar-refractivity contribution is -0.0501. The Bertz CT molecular complexity index is 452. The summed E-state index contributed by atoms with van der Waals surface area (Å²) < 4.78 is 28.4. The third-order valence-electron chi connectivity index (χ3n) is 1.91. The Morgan fingerprint density at radius 1 is 1.50 bits per heavy atom. The van der Waals surface area contributed by atoms with Gasteiger partial charge in [-0.15, -0.1) is 0 Å². The molecule has 0 aliphatic rings. The second-order valence-corrected chi connectivity index (χ2v) is 3.15. The molecule has 0 radical (unpaired) electrons. The summed E-state index contributed by atoms with van der Waals surface area (Å²) in [6.07, 6.45) is 0. The van der Waals surface area contributed by atoms with Gasteiger partial charge in [0, 0.05) is 0 Å². The molecule has 1 aromatic rings. The van der Waals surface area contributed by atoms with Crippen molar-refractivity contribution in [3.8, 4) is 5.75 Å². The second kappa shape index (κ2) is 6.38. The van der Waals surface area contributed by atoms with E-state index in [0.29, 0.717) is 0 Å². The van der Waals surface area contributed by atoms with Crippen LogP contribution in [0.3, 0.4) is 0 Å². The van der Waals surface area contributed by atoms with Crippen LogP contribution in [-0.2, 0) is 0 Å². The number of halogens is 2. The molecule has 0 saturated heterocycles. The van der Waals surface area contributed by atoms with Gasteiger partial charge in [-0.25, -0.2) is 0 Å². The number of amides is 1. The van der Waals surface area contributed by atoms with Crippen LogP contribution in [0.2, 0.25) is 0 Å². The van der Waals surface area contributed by atoms with Crippen LogP contribution in [0, 0.1) is 0 Å². The van der Waals surface area contributed by atoms with Crippen molar-refractivity contribution in [1.82, 2.24) is 5.32 Å². The van der Waals surface area contributed by atoms with Crippen molar-refractivity contribution in [3.05, 3.63) is 29.8 Å². The van der Waals surface area contributed by atoms with E-state index in [4.69, 9.17) is 10.9 Å². The van der Waals surface area contributed by atoms with Gasteiger partial charge in [-0.05, 0) is 12.1 Å². The molecule has 0 saturated carbocycles. The smallest absolute Gasteiger partial charge is 0.387 e. The van der Waals surface area contributed by atoms with Gasteiger partial charge < -0.3 is 21.0 Å². The molecule has 18 heavy (non-hydrogen) atoms. The Kier molecular flexibility index (Phi) is 4.85. The Morgan fingerprint density at radius 2 is 2.17 bits per heavy atom. The number of benzene rings is 1. The first-order valence-corrected chi connectivity index (χ1v) is 4.83. The van der Waals surface area contributed by atoms with Crippen LogP contribution >= 0.6 is 0 Å². The molecular formula is C10H11F2N3O3. The molecule has 4 N–H and O–H groups in total. The van der Waals surface area contributed by atoms with E-state index in [-0.39, 0.29) is 23.7 Å². The SMILES string of the molecule is N/C(CNC(=O)c1ccccc1OC(F)F)=N\O. The highest BCUT2D eigenvalue weighted by molar-refractivity contribution is 5.99. The number of carbonyl (C=O) groups is 1. The van der Waals surface area contributed by atoms with Crippen LogP contribution in [0.4, 0.5) is 8.78 Å². The summed E-state index contributed by atoms with van der Waals surface area (Å²) >= 11 is 0. The molecule has 0 bridgehead atoms. The van der Waals surface area contributed by atoms with Crippen molar-refractivity contribution >= 4 is 11.7 Å². The maximum Gasteiger partial charge on any atom is 0.387 e. The van der Waals surface area contributed by atoms with Crippen LogP contribution in [0.15, 0.2) is 29.4 Å². The number of nitrogens with zero attached hydrogens (tertiary/aromatic N) is 1. The maximum absolute atomic E-state index is 12.1. The van der Waals surface area contributed by atoms with Crippen molar-refractivity contribution in [2.75, 3.05) is 6.54 Å². The largest absolute Gasteiger partial charge is 0.434 e. The topological polar surface area (TPSA) is 96.9 Å². The number of nitrogens with two attached hydrogens (primary N) is 1. The molecule has 1 rings (SSSR count). The Labute approximate surface area is 101 Å². The van der Waals surface area contributed by atoms with E-state index < -0.39 is 12.5 Å². The summed E-state index contributed by atoms with van der Waals surface area (Å²) in [6.45, 7) is -3.23. The average molecular weight is 259 g/mol. The van der Waals surface area contributed by atoms with E-state index in [9.17, 15) is 13.6 Å². The Morgan fingerprint density at radius 3 is 2.78 bits per heavy atom. The number of oxime groups is 1. The molecule has 0 heterocycles. The van der Waals surface area contributed by atoms with Crippen LogP contribution in [0.1, 0.15) is 10.4 Å². The summed E-state index contributed by atoms with van der Waals surface area (Å²) in [7, 11) is 0. The highest BCUT2D eigenvalue weighted by Gasteiger charge is 2.15. The number of alkyl halides is 2. The first-order chi connectivity index (χ1) is 8.54. The number of para-hydroxylation sites is 1. The highest BCUT2D eigenvalue weighted by Crippen LogP contribution is 2.19. The normalized spacial score (nSPS) is 11.4. The molecule has 0 fully saturated rings. The molecule has 0 aliphatic heterocycles. The van der Waals surface area contributed by atoms with E-state index in [1.54, 1.807) is 0 Å². The fraction of sp³-hybridized carbons (Fsp3) is 0.200. The number of hydrogen-bond acceptors (Lipinski definition) is 4. The highest BCUT2D eigenvalue weighted by atomic mass is 19.3. The number of ether oxygens (including phenoxy) is 1. The minimum absolute atomic E-state index is 0.0662. The quantitative estimate of drug-likeness (QED) is 0.315. The van der Waals surface area contributed by atoms with E-state index in [2.05, 4.69) is 15.2 Å².